The minimum Gasteiger partial charge on any atom is -0.494 e. The first-order valence-electron chi connectivity index (χ1n) is 9.53. The van der Waals surface area contributed by atoms with Crippen LogP contribution in [-0.4, -0.2) is 33.5 Å². The molecular formula is C19H30N2O4S. The minimum absolute atomic E-state index is 0.0914. The van der Waals surface area contributed by atoms with E-state index in [1.165, 1.54) is 31.4 Å². The van der Waals surface area contributed by atoms with Gasteiger partial charge in [-0.25, -0.2) is 13.1 Å². The molecule has 1 aliphatic rings. The Labute approximate surface area is 156 Å². The van der Waals surface area contributed by atoms with Crippen LogP contribution in [0.15, 0.2) is 29.2 Å². The van der Waals surface area contributed by atoms with Gasteiger partial charge in [-0.05, 0) is 44.0 Å². The van der Waals surface area contributed by atoms with Crippen molar-refractivity contribution in [2.24, 2.45) is 0 Å². The van der Waals surface area contributed by atoms with Crippen LogP contribution in [0.1, 0.15) is 58.3 Å². The molecule has 0 aromatic heterocycles. The van der Waals surface area contributed by atoms with Gasteiger partial charge in [0.1, 0.15) is 5.75 Å². The standard InChI is InChI=1S/C19H30N2O4S/c1-2-25-17-10-12-18(13-11-17)26(23,24)20-15-14-19(22)21-16-8-6-4-3-5-7-9-16/h10-13,16,20H,2-9,14-15H2,1H3,(H,21,22). The smallest absolute Gasteiger partial charge is 0.240 e. The summed E-state index contributed by atoms with van der Waals surface area (Å²) in [7, 11) is -3.62. The van der Waals surface area contributed by atoms with E-state index in [-0.39, 0.29) is 29.8 Å². The van der Waals surface area contributed by atoms with Crippen molar-refractivity contribution in [3.8, 4) is 5.75 Å². The van der Waals surface area contributed by atoms with E-state index < -0.39 is 10.0 Å². The van der Waals surface area contributed by atoms with Crippen molar-refractivity contribution in [3.63, 3.8) is 0 Å². The van der Waals surface area contributed by atoms with Crippen LogP contribution in [0.2, 0.25) is 0 Å². The van der Waals surface area contributed by atoms with Crippen molar-refractivity contribution >= 4 is 15.9 Å². The van der Waals surface area contributed by atoms with Gasteiger partial charge in [0.05, 0.1) is 11.5 Å². The highest BCUT2D eigenvalue weighted by molar-refractivity contribution is 7.89. The summed E-state index contributed by atoms with van der Waals surface area (Å²) < 4.78 is 32.3. The van der Waals surface area contributed by atoms with Gasteiger partial charge in [-0.2, -0.15) is 0 Å². The Morgan fingerprint density at radius 2 is 1.69 bits per heavy atom. The number of carbonyl (C=O) groups is 1. The lowest BCUT2D eigenvalue weighted by atomic mass is 9.96. The molecule has 0 atom stereocenters. The Morgan fingerprint density at radius 3 is 2.31 bits per heavy atom. The third kappa shape index (κ3) is 6.96. The first kappa shape index (κ1) is 20.7. The van der Waals surface area contributed by atoms with Gasteiger partial charge in [0.15, 0.2) is 0 Å². The summed E-state index contributed by atoms with van der Waals surface area (Å²) in [5.74, 6) is 0.537. The molecule has 0 heterocycles. The number of amides is 1. The van der Waals surface area contributed by atoms with Crippen molar-refractivity contribution in [1.29, 1.82) is 0 Å². The summed E-state index contributed by atoms with van der Waals surface area (Å²) in [4.78, 5) is 12.3. The average molecular weight is 383 g/mol. The second kappa shape index (κ2) is 10.5. The number of hydrogen-bond acceptors (Lipinski definition) is 4. The summed E-state index contributed by atoms with van der Waals surface area (Å²) in [5.41, 5.74) is 0. The maximum absolute atomic E-state index is 12.3. The monoisotopic (exact) mass is 382 g/mol. The molecule has 26 heavy (non-hydrogen) atoms. The molecule has 1 saturated carbocycles. The quantitative estimate of drug-likeness (QED) is 0.724. The lowest BCUT2D eigenvalue weighted by molar-refractivity contribution is -0.121. The number of ether oxygens (including phenoxy) is 1. The van der Waals surface area contributed by atoms with E-state index in [9.17, 15) is 13.2 Å². The highest BCUT2D eigenvalue weighted by Gasteiger charge is 2.16. The van der Waals surface area contributed by atoms with Gasteiger partial charge in [0, 0.05) is 19.0 Å². The Bertz CT molecular complexity index is 651. The highest BCUT2D eigenvalue weighted by Crippen LogP contribution is 2.17. The second-order valence-corrected chi connectivity index (χ2v) is 8.43. The third-order valence-corrected chi connectivity index (χ3v) is 6.04. The normalized spacial score (nSPS) is 16.5. The fourth-order valence-electron chi connectivity index (χ4n) is 3.16. The van der Waals surface area contributed by atoms with Gasteiger partial charge < -0.3 is 10.1 Å². The Morgan fingerprint density at radius 1 is 1.08 bits per heavy atom. The largest absolute Gasteiger partial charge is 0.494 e. The highest BCUT2D eigenvalue weighted by atomic mass is 32.2. The van der Waals surface area contributed by atoms with Gasteiger partial charge in [0.25, 0.3) is 0 Å². The molecule has 0 bridgehead atoms. The van der Waals surface area contributed by atoms with Crippen LogP contribution < -0.4 is 14.8 Å². The molecule has 0 radical (unpaired) electrons. The van der Waals surface area contributed by atoms with Gasteiger partial charge >= 0.3 is 0 Å². The average Bonchev–Trinajstić information content (AvgIpc) is 2.58. The molecule has 146 valence electrons. The molecule has 0 aliphatic heterocycles. The zero-order valence-corrected chi connectivity index (χ0v) is 16.3. The van der Waals surface area contributed by atoms with Crippen LogP contribution in [0, 0.1) is 0 Å². The molecule has 1 fully saturated rings. The van der Waals surface area contributed by atoms with E-state index in [2.05, 4.69) is 10.0 Å². The molecule has 2 rings (SSSR count). The molecule has 7 heteroatoms. The summed E-state index contributed by atoms with van der Waals surface area (Å²) >= 11 is 0. The Hall–Kier alpha value is -1.60. The lowest BCUT2D eigenvalue weighted by Gasteiger charge is -2.21. The maximum Gasteiger partial charge on any atom is 0.240 e. The molecular weight excluding hydrogens is 352 g/mol. The first-order valence-corrected chi connectivity index (χ1v) is 11.0. The number of sulfonamides is 1. The molecule has 0 unspecified atom stereocenters. The van der Waals surface area contributed by atoms with Crippen molar-refractivity contribution in [1.82, 2.24) is 10.0 Å². The minimum atomic E-state index is -3.62. The van der Waals surface area contributed by atoms with Crippen molar-refractivity contribution in [3.05, 3.63) is 24.3 Å². The second-order valence-electron chi connectivity index (χ2n) is 6.66. The van der Waals surface area contributed by atoms with Crippen LogP contribution >= 0.6 is 0 Å². The predicted molar refractivity (Wildman–Crippen MR) is 102 cm³/mol. The maximum atomic E-state index is 12.3. The molecule has 6 nitrogen and oxygen atoms in total. The molecule has 0 spiro atoms. The molecule has 1 aromatic carbocycles. The fraction of sp³-hybridized carbons (Fsp3) is 0.632. The zero-order chi connectivity index (χ0) is 18.8. The van der Waals surface area contributed by atoms with E-state index in [1.54, 1.807) is 12.1 Å². The van der Waals surface area contributed by atoms with Crippen LogP contribution in [0.4, 0.5) is 0 Å². The van der Waals surface area contributed by atoms with Gasteiger partial charge in [-0.1, -0.05) is 32.1 Å². The summed E-state index contributed by atoms with van der Waals surface area (Å²) in [6.45, 7) is 2.49. The van der Waals surface area contributed by atoms with Gasteiger partial charge in [-0.15, -0.1) is 0 Å². The topological polar surface area (TPSA) is 84.5 Å². The van der Waals surface area contributed by atoms with Gasteiger partial charge in [0.2, 0.25) is 15.9 Å². The molecule has 0 saturated heterocycles. The van der Waals surface area contributed by atoms with E-state index in [1.807, 2.05) is 6.92 Å². The Balaban J connectivity index is 1.77. The number of rotatable bonds is 8. The number of benzene rings is 1. The van der Waals surface area contributed by atoms with Crippen LogP contribution in [0.3, 0.4) is 0 Å². The van der Waals surface area contributed by atoms with E-state index in [0.29, 0.717) is 12.4 Å². The van der Waals surface area contributed by atoms with Crippen LogP contribution in [0.25, 0.3) is 0 Å². The molecule has 1 amide bonds. The fourth-order valence-corrected chi connectivity index (χ4v) is 4.20. The molecule has 1 aromatic rings. The van der Waals surface area contributed by atoms with E-state index >= 15 is 0 Å². The van der Waals surface area contributed by atoms with Crippen molar-refractivity contribution < 1.29 is 17.9 Å². The Kier molecular flexibility index (Phi) is 8.38. The lowest BCUT2D eigenvalue weighted by Crippen LogP contribution is -2.37. The third-order valence-electron chi connectivity index (χ3n) is 4.56. The predicted octanol–water partition coefficient (Wildman–Crippen LogP) is 2.98. The number of nitrogens with one attached hydrogen (secondary N) is 2. The summed E-state index contributed by atoms with van der Waals surface area (Å²) in [6.07, 6.45) is 8.22. The zero-order valence-electron chi connectivity index (χ0n) is 15.5. The van der Waals surface area contributed by atoms with Crippen LogP contribution in [0.5, 0.6) is 5.75 Å². The van der Waals surface area contributed by atoms with Gasteiger partial charge in [-0.3, -0.25) is 4.79 Å². The molecule has 1 aliphatic carbocycles. The van der Waals surface area contributed by atoms with Crippen molar-refractivity contribution in [2.75, 3.05) is 13.2 Å². The van der Waals surface area contributed by atoms with E-state index in [0.717, 1.165) is 25.7 Å². The SMILES string of the molecule is CCOc1ccc(S(=O)(=O)NCCC(=O)NC2CCCCCCC2)cc1. The molecule has 2 N–H and O–H groups in total. The van der Waals surface area contributed by atoms with E-state index in [4.69, 9.17) is 4.74 Å². The van der Waals surface area contributed by atoms with Crippen molar-refractivity contribution in [2.45, 2.75) is 69.2 Å². The number of carbonyl (C=O) groups excluding carboxylic acids is 1. The summed E-state index contributed by atoms with van der Waals surface area (Å²) in [5, 5.41) is 3.04. The van der Waals surface area contributed by atoms with Crippen LogP contribution in [-0.2, 0) is 14.8 Å². The first-order chi connectivity index (χ1) is 12.5. The number of hydrogen-bond donors (Lipinski definition) is 2. The summed E-state index contributed by atoms with van der Waals surface area (Å²) in [6, 6.07) is 6.48.